The number of carbonyl (C=O) groups excluding carboxylic acids is 1. The molecule has 0 amide bonds. The molecular formula is C18H17NO. The van der Waals surface area contributed by atoms with Crippen molar-refractivity contribution < 1.29 is 4.79 Å². The van der Waals surface area contributed by atoms with Crippen LogP contribution in [0.3, 0.4) is 0 Å². The second-order valence-corrected chi connectivity index (χ2v) is 4.85. The molecule has 0 saturated heterocycles. The van der Waals surface area contributed by atoms with Gasteiger partial charge in [-0.25, -0.2) is 0 Å². The van der Waals surface area contributed by atoms with Gasteiger partial charge in [0.2, 0.25) is 0 Å². The molecule has 0 aliphatic heterocycles. The highest BCUT2D eigenvalue weighted by atomic mass is 16.1. The van der Waals surface area contributed by atoms with Gasteiger partial charge < -0.3 is 0 Å². The van der Waals surface area contributed by atoms with Crippen LogP contribution in [0, 0.1) is 18.3 Å². The van der Waals surface area contributed by atoms with Crippen LogP contribution in [0.25, 0.3) is 0 Å². The standard InChI is InChI=1S/C18H17NO/c1-3-14-6-4-5-7-16(14)18(20)17(12-19)15-10-8-13(2)9-11-15/h4-11,17H,3H2,1-2H3. The van der Waals surface area contributed by atoms with Crippen molar-refractivity contribution >= 4 is 5.78 Å². The summed E-state index contributed by atoms with van der Waals surface area (Å²) in [7, 11) is 0. The summed E-state index contributed by atoms with van der Waals surface area (Å²) in [5, 5.41) is 9.37. The lowest BCUT2D eigenvalue weighted by Crippen LogP contribution is -2.13. The van der Waals surface area contributed by atoms with Crippen LogP contribution in [0.1, 0.15) is 39.9 Å². The fraction of sp³-hybridized carbons (Fsp3) is 0.222. The Morgan fingerprint density at radius 1 is 1.15 bits per heavy atom. The van der Waals surface area contributed by atoms with Crippen molar-refractivity contribution in [2.24, 2.45) is 0 Å². The predicted octanol–water partition coefficient (Wildman–Crippen LogP) is 4.05. The van der Waals surface area contributed by atoms with E-state index < -0.39 is 5.92 Å². The number of Topliss-reactive ketones (excluding diaryl/α,β-unsaturated/α-hetero) is 1. The van der Waals surface area contributed by atoms with Gasteiger partial charge in [-0.15, -0.1) is 0 Å². The maximum absolute atomic E-state index is 12.6. The van der Waals surface area contributed by atoms with E-state index in [0.29, 0.717) is 5.56 Å². The predicted molar refractivity (Wildman–Crippen MR) is 79.7 cm³/mol. The molecule has 0 bridgehead atoms. The molecule has 100 valence electrons. The minimum absolute atomic E-state index is 0.117. The van der Waals surface area contributed by atoms with Gasteiger partial charge in [0.15, 0.2) is 5.78 Å². The molecule has 0 N–H and O–H groups in total. The summed E-state index contributed by atoms with van der Waals surface area (Å²) >= 11 is 0. The van der Waals surface area contributed by atoms with Gasteiger partial charge in [-0.3, -0.25) is 4.79 Å². The van der Waals surface area contributed by atoms with Crippen LogP contribution in [-0.4, -0.2) is 5.78 Å². The van der Waals surface area contributed by atoms with E-state index in [-0.39, 0.29) is 5.78 Å². The molecule has 0 spiro atoms. The summed E-state index contributed by atoms with van der Waals surface area (Å²) in [5.41, 5.74) is 3.52. The maximum Gasteiger partial charge on any atom is 0.184 e. The topological polar surface area (TPSA) is 40.9 Å². The van der Waals surface area contributed by atoms with Crippen molar-refractivity contribution in [3.8, 4) is 6.07 Å². The van der Waals surface area contributed by atoms with Crippen molar-refractivity contribution in [3.63, 3.8) is 0 Å². The Labute approximate surface area is 119 Å². The van der Waals surface area contributed by atoms with Crippen LogP contribution in [-0.2, 0) is 6.42 Å². The lowest BCUT2D eigenvalue weighted by Gasteiger charge is -2.12. The second-order valence-electron chi connectivity index (χ2n) is 4.85. The lowest BCUT2D eigenvalue weighted by molar-refractivity contribution is 0.0978. The van der Waals surface area contributed by atoms with E-state index in [4.69, 9.17) is 0 Å². The molecule has 2 heteroatoms. The summed E-state index contributed by atoms with van der Waals surface area (Å²) in [6, 6.07) is 17.2. The number of nitriles is 1. The number of benzene rings is 2. The number of hydrogen-bond acceptors (Lipinski definition) is 2. The Bertz CT molecular complexity index is 650. The van der Waals surface area contributed by atoms with Crippen molar-refractivity contribution in [2.75, 3.05) is 0 Å². The number of aryl methyl sites for hydroxylation is 2. The Morgan fingerprint density at radius 3 is 2.40 bits per heavy atom. The fourth-order valence-electron chi connectivity index (χ4n) is 2.27. The van der Waals surface area contributed by atoms with E-state index in [9.17, 15) is 10.1 Å². The fourth-order valence-corrected chi connectivity index (χ4v) is 2.27. The molecule has 1 unspecified atom stereocenters. The third-order valence-electron chi connectivity index (χ3n) is 3.47. The summed E-state index contributed by atoms with van der Waals surface area (Å²) < 4.78 is 0. The molecule has 2 aromatic carbocycles. The minimum Gasteiger partial charge on any atom is -0.292 e. The smallest absolute Gasteiger partial charge is 0.184 e. The van der Waals surface area contributed by atoms with Crippen LogP contribution in [0.4, 0.5) is 0 Å². The van der Waals surface area contributed by atoms with Crippen LogP contribution < -0.4 is 0 Å². The Balaban J connectivity index is 2.39. The third-order valence-corrected chi connectivity index (χ3v) is 3.47. The van der Waals surface area contributed by atoms with E-state index in [0.717, 1.165) is 23.1 Å². The van der Waals surface area contributed by atoms with E-state index in [1.54, 1.807) is 6.07 Å². The van der Waals surface area contributed by atoms with Gasteiger partial charge in [0.05, 0.1) is 6.07 Å². The molecule has 0 radical (unpaired) electrons. The molecule has 0 heterocycles. The molecule has 2 nitrogen and oxygen atoms in total. The van der Waals surface area contributed by atoms with E-state index >= 15 is 0 Å². The van der Waals surface area contributed by atoms with Crippen molar-refractivity contribution in [3.05, 3.63) is 70.8 Å². The molecule has 0 fully saturated rings. The minimum atomic E-state index is -0.733. The SMILES string of the molecule is CCc1ccccc1C(=O)C(C#N)c1ccc(C)cc1. The lowest BCUT2D eigenvalue weighted by atomic mass is 9.89. The van der Waals surface area contributed by atoms with Crippen LogP contribution >= 0.6 is 0 Å². The highest BCUT2D eigenvalue weighted by molar-refractivity contribution is 6.03. The second kappa shape index (κ2) is 6.16. The summed E-state index contributed by atoms with van der Waals surface area (Å²) in [6.07, 6.45) is 0.786. The largest absolute Gasteiger partial charge is 0.292 e. The molecular weight excluding hydrogens is 246 g/mol. The average Bonchev–Trinajstić information content (AvgIpc) is 2.49. The van der Waals surface area contributed by atoms with Crippen molar-refractivity contribution in [1.82, 2.24) is 0 Å². The van der Waals surface area contributed by atoms with E-state index in [1.807, 2.05) is 56.3 Å². The first kappa shape index (κ1) is 14.0. The van der Waals surface area contributed by atoms with Gasteiger partial charge in [0.1, 0.15) is 5.92 Å². The molecule has 2 aromatic rings. The van der Waals surface area contributed by atoms with Gasteiger partial charge in [-0.05, 0) is 24.5 Å². The van der Waals surface area contributed by atoms with E-state index in [1.165, 1.54) is 0 Å². The molecule has 1 atom stereocenters. The molecule has 20 heavy (non-hydrogen) atoms. The highest BCUT2D eigenvalue weighted by Crippen LogP contribution is 2.23. The van der Waals surface area contributed by atoms with Crippen LogP contribution in [0.2, 0.25) is 0 Å². The van der Waals surface area contributed by atoms with Crippen LogP contribution in [0.15, 0.2) is 48.5 Å². The Hall–Kier alpha value is -2.40. The number of carbonyl (C=O) groups is 1. The first-order valence-corrected chi connectivity index (χ1v) is 6.75. The van der Waals surface area contributed by atoms with Crippen molar-refractivity contribution in [2.45, 2.75) is 26.2 Å². The Morgan fingerprint density at radius 2 is 1.80 bits per heavy atom. The maximum atomic E-state index is 12.6. The molecule has 0 aliphatic rings. The zero-order valence-corrected chi connectivity index (χ0v) is 11.8. The van der Waals surface area contributed by atoms with Crippen LogP contribution in [0.5, 0.6) is 0 Å². The third kappa shape index (κ3) is 2.78. The van der Waals surface area contributed by atoms with Gasteiger partial charge in [0, 0.05) is 5.56 Å². The van der Waals surface area contributed by atoms with E-state index in [2.05, 4.69) is 6.07 Å². The zero-order valence-electron chi connectivity index (χ0n) is 11.8. The molecule has 0 saturated carbocycles. The average molecular weight is 263 g/mol. The number of hydrogen-bond donors (Lipinski definition) is 0. The Kier molecular flexibility index (Phi) is 4.32. The number of nitrogens with zero attached hydrogens (tertiary/aromatic N) is 1. The first-order valence-electron chi connectivity index (χ1n) is 6.75. The number of rotatable bonds is 4. The summed E-state index contributed by atoms with van der Waals surface area (Å²) in [6.45, 7) is 4.00. The number of ketones is 1. The first-order chi connectivity index (χ1) is 9.67. The monoisotopic (exact) mass is 263 g/mol. The van der Waals surface area contributed by atoms with Gasteiger partial charge in [0.25, 0.3) is 0 Å². The van der Waals surface area contributed by atoms with Crippen molar-refractivity contribution in [1.29, 1.82) is 5.26 Å². The normalized spacial score (nSPS) is 11.7. The zero-order chi connectivity index (χ0) is 14.5. The molecule has 2 rings (SSSR count). The van der Waals surface area contributed by atoms with Gasteiger partial charge in [-0.1, -0.05) is 61.0 Å². The summed E-state index contributed by atoms with van der Waals surface area (Å²) in [5.74, 6) is -0.850. The molecule has 0 aliphatic carbocycles. The summed E-state index contributed by atoms with van der Waals surface area (Å²) in [4.78, 5) is 12.6. The highest BCUT2D eigenvalue weighted by Gasteiger charge is 2.23. The quantitative estimate of drug-likeness (QED) is 0.781. The van der Waals surface area contributed by atoms with Gasteiger partial charge in [-0.2, -0.15) is 5.26 Å². The van der Waals surface area contributed by atoms with Gasteiger partial charge >= 0.3 is 0 Å². The molecule has 0 aromatic heterocycles.